The third-order valence-electron chi connectivity index (χ3n) is 3.47. The summed E-state index contributed by atoms with van der Waals surface area (Å²) in [5.74, 6) is 0.753. The Hall–Kier alpha value is -2.56. The van der Waals surface area contributed by atoms with Crippen LogP contribution in [0.1, 0.15) is 16.2 Å². The van der Waals surface area contributed by atoms with Gasteiger partial charge >= 0.3 is 0 Å². The number of carbonyl (C=O) groups excluding carboxylic acids is 1. The Bertz CT molecular complexity index is 769. The molecule has 1 amide bonds. The van der Waals surface area contributed by atoms with Crippen LogP contribution in [0.4, 0.5) is 0 Å². The number of rotatable bonds is 3. The van der Waals surface area contributed by atoms with Crippen molar-refractivity contribution in [2.75, 3.05) is 0 Å². The summed E-state index contributed by atoms with van der Waals surface area (Å²) in [6.07, 6.45) is 5.44. The fourth-order valence-electron chi connectivity index (χ4n) is 2.34. The zero-order chi connectivity index (χ0) is 14.1. The molecule has 20 heavy (non-hydrogen) atoms. The van der Waals surface area contributed by atoms with Crippen LogP contribution < -0.4 is 5.32 Å². The Morgan fingerprint density at radius 3 is 2.80 bits per heavy atom. The molecular weight excluding hydrogens is 252 g/mol. The van der Waals surface area contributed by atoms with E-state index in [4.69, 9.17) is 0 Å². The van der Waals surface area contributed by atoms with E-state index in [0.717, 1.165) is 16.7 Å². The van der Waals surface area contributed by atoms with E-state index < -0.39 is 0 Å². The van der Waals surface area contributed by atoms with Gasteiger partial charge in [-0.1, -0.05) is 18.2 Å². The summed E-state index contributed by atoms with van der Waals surface area (Å²) in [7, 11) is 3.85. The summed E-state index contributed by atoms with van der Waals surface area (Å²) < 4.78 is 3.86. The van der Waals surface area contributed by atoms with Crippen molar-refractivity contribution in [1.29, 1.82) is 0 Å². The molecule has 0 unspecified atom stereocenters. The van der Waals surface area contributed by atoms with Gasteiger partial charge in [-0.15, -0.1) is 0 Å². The van der Waals surface area contributed by atoms with Gasteiger partial charge in [0.15, 0.2) is 0 Å². The van der Waals surface area contributed by atoms with Gasteiger partial charge in [0.25, 0.3) is 5.91 Å². The number of nitrogens with zero attached hydrogens (tertiary/aromatic N) is 3. The van der Waals surface area contributed by atoms with E-state index in [-0.39, 0.29) is 5.91 Å². The molecule has 0 fully saturated rings. The SMILES string of the molecule is Cn1ccnc1CNC(=O)c1cn(C)c2ccccc12. The van der Waals surface area contributed by atoms with Crippen molar-refractivity contribution in [3.8, 4) is 0 Å². The molecule has 102 valence electrons. The minimum absolute atomic E-state index is 0.0789. The first kappa shape index (κ1) is 12.5. The van der Waals surface area contributed by atoms with E-state index in [1.807, 2.05) is 59.9 Å². The largest absolute Gasteiger partial charge is 0.350 e. The zero-order valence-electron chi connectivity index (χ0n) is 11.5. The molecule has 0 atom stereocenters. The topological polar surface area (TPSA) is 51.9 Å². The number of amides is 1. The molecule has 2 heterocycles. The minimum Gasteiger partial charge on any atom is -0.350 e. The number of carbonyl (C=O) groups is 1. The standard InChI is InChI=1S/C15H16N4O/c1-18-8-7-16-14(18)9-17-15(20)12-10-19(2)13-6-4-3-5-11(12)13/h3-8,10H,9H2,1-2H3,(H,17,20). The molecule has 0 aliphatic heterocycles. The van der Waals surface area contributed by atoms with Crippen molar-refractivity contribution in [3.63, 3.8) is 0 Å². The zero-order valence-corrected chi connectivity index (χ0v) is 11.5. The molecule has 1 N–H and O–H groups in total. The number of aromatic nitrogens is 3. The predicted molar refractivity (Wildman–Crippen MR) is 77.3 cm³/mol. The van der Waals surface area contributed by atoms with Crippen molar-refractivity contribution in [3.05, 3.63) is 54.2 Å². The molecule has 0 aliphatic carbocycles. The van der Waals surface area contributed by atoms with Gasteiger partial charge in [0, 0.05) is 43.6 Å². The molecular formula is C15H16N4O. The number of hydrogen-bond acceptors (Lipinski definition) is 2. The van der Waals surface area contributed by atoms with Crippen molar-refractivity contribution >= 4 is 16.8 Å². The smallest absolute Gasteiger partial charge is 0.253 e. The van der Waals surface area contributed by atoms with Gasteiger partial charge < -0.3 is 14.5 Å². The first-order valence-corrected chi connectivity index (χ1v) is 6.45. The molecule has 3 aromatic rings. The highest BCUT2D eigenvalue weighted by molar-refractivity contribution is 6.06. The first-order valence-electron chi connectivity index (χ1n) is 6.45. The molecule has 0 bridgehead atoms. The van der Waals surface area contributed by atoms with E-state index in [9.17, 15) is 4.79 Å². The van der Waals surface area contributed by atoms with E-state index in [0.29, 0.717) is 12.1 Å². The third kappa shape index (κ3) is 2.07. The highest BCUT2D eigenvalue weighted by Gasteiger charge is 2.13. The van der Waals surface area contributed by atoms with Crippen molar-refractivity contribution < 1.29 is 4.79 Å². The summed E-state index contributed by atoms with van der Waals surface area (Å²) in [6, 6.07) is 7.88. The molecule has 0 spiro atoms. The number of nitrogens with one attached hydrogen (secondary N) is 1. The second-order valence-corrected chi connectivity index (χ2v) is 4.81. The fraction of sp³-hybridized carbons (Fsp3) is 0.200. The van der Waals surface area contributed by atoms with Gasteiger partial charge in [-0.3, -0.25) is 4.79 Å². The van der Waals surface area contributed by atoms with Crippen LogP contribution in [0, 0.1) is 0 Å². The third-order valence-corrected chi connectivity index (χ3v) is 3.47. The monoisotopic (exact) mass is 268 g/mol. The van der Waals surface area contributed by atoms with Gasteiger partial charge in [0.2, 0.25) is 0 Å². The average molecular weight is 268 g/mol. The van der Waals surface area contributed by atoms with Gasteiger partial charge in [0.1, 0.15) is 5.82 Å². The normalized spacial score (nSPS) is 10.9. The number of para-hydroxylation sites is 1. The van der Waals surface area contributed by atoms with Crippen molar-refractivity contribution in [2.45, 2.75) is 6.54 Å². The molecule has 5 heteroatoms. The molecule has 0 saturated heterocycles. The molecule has 0 aliphatic rings. The summed E-state index contributed by atoms with van der Waals surface area (Å²) in [5.41, 5.74) is 1.74. The number of aryl methyl sites for hydroxylation is 2. The van der Waals surface area contributed by atoms with Gasteiger partial charge in [-0.25, -0.2) is 4.98 Å². The van der Waals surface area contributed by atoms with Gasteiger partial charge in [-0.2, -0.15) is 0 Å². The van der Waals surface area contributed by atoms with E-state index in [1.165, 1.54) is 0 Å². The van der Waals surface area contributed by atoms with Crippen molar-refractivity contribution in [2.24, 2.45) is 14.1 Å². The maximum atomic E-state index is 12.3. The number of hydrogen-bond donors (Lipinski definition) is 1. The molecule has 1 aromatic carbocycles. The molecule has 0 radical (unpaired) electrons. The molecule has 5 nitrogen and oxygen atoms in total. The Kier molecular flexibility index (Phi) is 3.02. The van der Waals surface area contributed by atoms with Crippen LogP contribution in [0.5, 0.6) is 0 Å². The van der Waals surface area contributed by atoms with E-state index in [2.05, 4.69) is 10.3 Å². The fourth-order valence-corrected chi connectivity index (χ4v) is 2.34. The van der Waals surface area contributed by atoms with E-state index in [1.54, 1.807) is 6.20 Å². The molecule has 2 aromatic heterocycles. The highest BCUT2D eigenvalue weighted by atomic mass is 16.1. The lowest BCUT2D eigenvalue weighted by Gasteiger charge is -2.04. The minimum atomic E-state index is -0.0789. The quantitative estimate of drug-likeness (QED) is 0.788. The number of benzene rings is 1. The van der Waals surface area contributed by atoms with Crippen LogP contribution in [0.15, 0.2) is 42.9 Å². The lowest BCUT2D eigenvalue weighted by molar-refractivity contribution is 0.0951. The molecule has 3 rings (SSSR count). The average Bonchev–Trinajstić information content (AvgIpc) is 3.01. The van der Waals surface area contributed by atoms with Crippen LogP contribution in [0.3, 0.4) is 0 Å². The van der Waals surface area contributed by atoms with Crippen LogP contribution in [-0.4, -0.2) is 20.0 Å². The van der Waals surface area contributed by atoms with Crippen molar-refractivity contribution in [1.82, 2.24) is 19.4 Å². The summed E-state index contributed by atoms with van der Waals surface area (Å²) in [4.78, 5) is 16.5. The second-order valence-electron chi connectivity index (χ2n) is 4.81. The molecule has 0 saturated carbocycles. The summed E-state index contributed by atoms with van der Waals surface area (Å²) in [5, 5.41) is 3.88. The summed E-state index contributed by atoms with van der Waals surface area (Å²) in [6.45, 7) is 0.422. The highest BCUT2D eigenvalue weighted by Crippen LogP contribution is 2.20. The maximum absolute atomic E-state index is 12.3. The Labute approximate surface area is 116 Å². The van der Waals surface area contributed by atoms with Crippen LogP contribution in [0.25, 0.3) is 10.9 Å². The number of imidazole rings is 1. The lowest BCUT2D eigenvalue weighted by Crippen LogP contribution is -2.24. The van der Waals surface area contributed by atoms with Crippen LogP contribution in [0.2, 0.25) is 0 Å². The van der Waals surface area contributed by atoms with Crippen LogP contribution >= 0.6 is 0 Å². The Morgan fingerprint density at radius 1 is 1.25 bits per heavy atom. The lowest BCUT2D eigenvalue weighted by atomic mass is 10.1. The first-order chi connectivity index (χ1) is 9.66. The van der Waals surface area contributed by atoms with Gasteiger partial charge in [0.05, 0.1) is 12.1 Å². The Morgan fingerprint density at radius 2 is 2.05 bits per heavy atom. The van der Waals surface area contributed by atoms with Crippen LogP contribution in [-0.2, 0) is 20.6 Å². The van der Waals surface area contributed by atoms with E-state index >= 15 is 0 Å². The summed E-state index contributed by atoms with van der Waals surface area (Å²) >= 11 is 0. The van der Waals surface area contributed by atoms with Gasteiger partial charge in [-0.05, 0) is 6.07 Å². The predicted octanol–water partition coefficient (Wildman–Crippen LogP) is 1.84. The second kappa shape index (κ2) is 4.85. The Balaban J connectivity index is 1.84. The maximum Gasteiger partial charge on any atom is 0.253 e. The number of fused-ring (bicyclic) bond motifs is 1.